The van der Waals surface area contributed by atoms with Crippen molar-refractivity contribution in [3.63, 3.8) is 0 Å². The molecule has 0 saturated carbocycles. The zero-order chi connectivity index (χ0) is 13.2. The zero-order valence-corrected chi connectivity index (χ0v) is 12.2. The maximum absolute atomic E-state index is 5.68. The highest BCUT2D eigenvalue weighted by molar-refractivity contribution is 9.10. The number of fused-ring (bicyclic) bond motifs is 1. The molecular weight excluding hydrogens is 326 g/mol. The van der Waals surface area contributed by atoms with Crippen LogP contribution in [0.15, 0.2) is 40.9 Å². The number of hydrogen-bond acceptors (Lipinski definition) is 5. The van der Waals surface area contributed by atoms with E-state index in [2.05, 4.69) is 32.2 Å². The van der Waals surface area contributed by atoms with Gasteiger partial charge in [-0.05, 0) is 35.0 Å². The molecule has 0 saturated heterocycles. The van der Waals surface area contributed by atoms with Crippen molar-refractivity contribution >= 4 is 38.0 Å². The van der Waals surface area contributed by atoms with Gasteiger partial charge < -0.3 is 10.5 Å². The van der Waals surface area contributed by atoms with Crippen molar-refractivity contribution in [3.05, 3.63) is 45.9 Å². The minimum atomic E-state index is 0.382. The van der Waals surface area contributed by atoms with Crippen molar-refractivity contribution in [3.8, 4) is 10.9 Å². The second kappa shape index (κ2) is 5.24. The average Bonchev–Trinajstić information content (AvgIpc) is 2.86. The number of ether oxygens (including phenoxy) is 1. The molecule has 96 valence electrons. The largest absolute Gasteiger partial charge is 0.430 e. The van der Waals surface area contributed by atoms with Crippen LogP contribution in [0.2, 0.25) is 0 Å². The minimum absolute atomic E-state index is 0.382. The number of aromatic nitrogens is 2. The van der Waals surface area contributed by atoms with E-state index in [-0.39, 0.29) is 0 Å². The highest BCUT2D eigenvalue weighted by Gasteiger charge is 2.05. The number of rotatable bonds is 3. The molecule has 0 bridgehead atoms. The van der Waals surface area contributed by atoms with Crippen molar-refractivity contribution in [2.24, 2.45) is 5.73 Å². The molecule has 0 fully saturated rings. The van der Waals surface area contributed by atoms with Gasteiger partial charge in [-0.1, -0.05) is 44.5 Å². The summed E-state index contributed by atoms with van der Waals surface area (Å²) >= 11 is 4.81. The topological polar surface area (TPSA) is 61.0 Å². The molecule has 19 heavy (non-hydrogen) atoms. The summed E-state index contributed by atoms with van der Waals surface area (Å²) in [5.41, 5.74) is 5.49. The van der Waals surface area contributed by atoms with Gasteiger partial charge in [-0.2, -0.15) is 0 Å². The van der Waals surface area contributed by atoms with Crippen molar-refractivity contribution < 1.29 is 4.74 Å². The zero-order valence-electron chi connectivity index (χ0n) is 9.84. The summed E-state index contributed by atoms with van der Waals surface area (Å²) in [5, 5.41) is 11.4. The van der Waals surface area contributed by atoms with E-state index in [1.165, 1.54) is 11.3 Å². The van der Waals surface area contributed by atoms with Gasteiger partial charge in [-0.15, -0.1) is 5.10 Å². The number of nitrogens with zero attached hydrogens (tertiary/aromatic N) is 2. The van der Waals surface area contributed by atoms with Crippen LogP contribution in [0.3, 0.4) is 0 Å². The molecule has 0 spiro atoms. The SMILES string of the molecule is NCc1nnc(Oc2ccc3cc(Br)ccc3c2)s1. The number of benzene rings is 2. The Morgan fingerprint density at radius 3 is 2.68 bits per heavy atom. The molecule has 6 heteroatoms. The first-order valence-electron chi connectivity index (χ1n) is 5.64. The molecule has 0 aliphatic heterocycles. The molecule has 0 aliphatic carbocycles. The van der Waals surface area contributed by atoms with Crippen LogP contribution in [-0.4, -0.2) is 10.2 Å². The third kappa shape index (κ3) is 2.75. The van der Waals surface area contributed by atoms with Crippen LogP contribution in [0.5, 0.6) is 10.9 Å². The molecule has 4 nitrogen and oxygen atoms in total. The first kappa shape index (κ1) is 12.5. The number of hydrogen-bond donors (Lipinski definition) is 1. The molecule has 0 unspecified atom stereocenters. The fourth-order valence-corrected chi connectivity index (χ4v) is 2.69. The molecule has 2 aromatic carbocycles. The Labute approximate surface area is 122 Å². The molecule has 3 aromatic rings. The summed E-state index contributed by atoms with van der Waals surface area (Å²) in [6.45, 7) is 0.382. The van der Waals surface area contributed by atoms with Crippen LogP contribution in [0, 0.1) is 0 Å². The van der Waals surface area contributed by atoms with E-state index in [0.29, 0.717) is 11.7 Å². The fourth-order valence-electron chi connectivity index (χ4n) is 1.72. The maximum atomic E-state index is 5.68. The van der Waals surface area contributed by atoms with E-state index < -0.39 is 0 Å². The summed E-state index contributed by atoms with van der Waals surface area (Å²) in [6.07, 6.45) is 0. The summed E-state index contributed by atoms with van der Waals surface area (Å²) in [6, 6.07) is 12.0. The van der Waals surface area contributed by atoms with Gasteiger partial charge in [0.15, 0.2) is 0 Å². The van der Waals surface area contributed by atoms with Crippen LogP contribution in [0.4, 0.5) is 0 Å². The van der Waals surface area contributed by atoms with Gasteiger partial charge in [-0.25, -0.2) is 0 Å². The Kier molecular flexibility index (Phi) is 3.46. The lowest BCUT2D eigenvalue weighted by atomic mass is 10.1. The summed E-state index contributed by atoms with van der Waals surface area (Å²) in [5.74, 6) is 0.745. The second-order valence-electron chi connectivity index (χ2n) is 3.92. The predicted octanol–water partition coefficient (Wildman–Crippen LogP) is 3.70. The molecule has 0 amide bonds. The molecular formula is C13H10BrN3OS. The molecule has 0 aliphatic rings. The van der Waals surface area contributed by atoms with Crippen molar-refractivity contribution in [1.29, 1.82) is 0 Å². The van der Waals surface area contributed by atoms with E-state index in [4.69, 9.17) is 10.5 Å². The summed E-state index contributed by atoms with van der Waals surface area (Å²) in [7, 11) is 0. The third-order valence-electron chi connectivity index (χ3n) is 2.60. The van der Waals surface area contributed by atoms with Gasteiger partial charge in [0.05, 0.1) is 0 Å². The standard InChI is InChI=1S/C13H10BrN3OS/c14-10-3-1-9-6-11(4-2-8(9)5-10)18-13-17-16-12(7-15)19-13/h1-6H,7,15H2. The van der Waals surface area contributed by atoms with E-state index in [9.17, 15) is 0 Å². The number of nitrogens with two attached hydrogens (primary N) is 1. The van der Waals surface area contributed by atoms with E-state index in [1.807, 2.05) is 30.3 Å². The lowest BCUT2D eigenvalue weighted by Crippen LogP contribution is -1.94. The molecule has 1 aromatic heterocycles. The minimum Gasteiger partial charge on any atom is -0.430 e. The normalized spacial score (nSPS) is 10.8. The van der Waals surface area contributed by atoms with Crippen LogP contribution >= 0.6 is 27.3 Å². The van der Waals surface area contributed by atoms with Gasteiger partial charge in [0, 0.05) is 11.0 Å². The van der Waals surface area contributed by atoms with Gasteiger partial charge in [0.2, 0.25) is 0 Å². The Morgan fingerprint density at radius 1 is 1.11 bits per heavy atom. The quantitative estimate of drug-likeness (QED) is 0.792. The first-order valence-corrected chi connectivity index (χ1v) is 7.25. The fraction of sp³-hybridized carbons (Fsp3) is 0.0769. The first-order chi connectivity index (χ1) is 9.24. The Morgan fingerprint density at radius 2 is 1.89 bits per heavy atom. The van der Waals surface area contributed by atoms with E-state index in [1.54, 1.807) is 0 Å². The van der Waals surface area contributed by atoms with Crippen LogP contribution in [0.1, 0.15) is 5.01 Å². The molecule has 2 N–H and O–H groups in total. The van der Waals surface area contributed by atoms with Crippen molar-refractivity contribution in [1.82, 2.24) is 10.2 Å². The van der Waals surface area contributed by atoms with Crippen molar-refractivity contribution in [2.45, 2.75) is 6.54 Å². The Hall–Kier alpha value is -1.50. The smallest absolute Gasteiger partial charge is 0.299 e. The molecule has 0 radical (unpaired) electrons. The Bertz CT molecular complexity index is 729. The lowest BCUT2D eigenvalue weighted by molar-refractivity contribution is 0.474. The second-order valence-corrected chi connectivity index (χ2v) is 5.86. The highest BCUT2D eigenvalue weighted by atomic mass is 79.9. The third-order valence-corrected chi connectivity index (χ3v) is 3.92. The van der Waals surface area contributed by atoms with Gasteiger partial charge >= 0.3 is 0 Å². The average molecular weight is 336 g/mol. The summed E-state index contributed by atoms with van der Waals surface area (Å²) in [4.78, 5) is 0. The van der Waals surface area contributed by atoms with Crippen molar-refractivity contribution in [2.75, 3.05) is 0 Å². The van der Waals surface area contributed by atoms with Crippen LogP contribution in [-0.2, 0) is 6.54 Å². The van der Waals surface area contributed by atoms with Gasteiger partial charge in [0.1, 0.15) is 10.8 Å². The van der Waals surface area contributed by atoms with Crippen LogP contribution in [0.25, 0.3) is 10.8 Å². The molecule has 0 atom stereocenters. The molecule has 1 heterocycles. The van der Waals surface area contributed by atoms with E-state index >= 15 is 0 Å². The number of halogens is 1. The predicted molar refractivity (Wildman–Crippen MR) is 79.5 cm³/mol. The van der Waals surface area contributed by atoms with Gasteiger partial charge in [-0.3, -0.25) is 0 Å². The van der Waals surface area contributed by atoms with Gasteiger partial charge in [0.25, 0.3) is 5.19 Å². The maximum Gasteiger partial charge on any atom is 0.299 e. The monoisotopic (exact) mass is 335 g/mol. The highest BCUT2D eigenvalue weighted by Crippen LogP contribution is 2.28. The molecule has 3 rings (SSSR count). The van der Waals surface area contributed by atoms with Crippen LogP contribution < -0.4 is 10.5 Å². The van der Waals surface area contributed by atoms with E-state index in [0.717, 1.165) is 26.0 Å². The summed E-state index contributed by atoms with van der Waals surface area (Å²) < 4.78 is 6.74. The Balaban J connectivity index is 1.90. The lowest BCUT2D eigenvalue weighted by Gasteiger charge is -2.03.